The van der Waals surface area contributed by atoms with Gasteiger partial charge in [-0.25, -0.2) is 4.99 Å². The Morgan fingerprint density at radius 3 is 2.56 bits per heavy atom. The monoisotopic (exact) mass is 606 g/mol. The molecule has 3 aromatic rings. The lowest BCUT2D eigenvalue weighted by Crippen LogP contribution is -2.19. The number of benzene rings is 3. The number of rotatable bonds is 8. The number of halogens is 3. The summed E-state index contributed by atoms with van der Waals surface area (Å²) in [5.74, 6) is 1.57. The maximum Gasteiger partial charge on any atom is 0.264 e. The minimum atomic E-state index is -0.225. The molecule has 36 heavy (non-hydrogen) atoms. The number of amidine groups is 1. The van der Waals surface area contributed by atoms with Crippen molar-refractivity contribution in [2.24, 2.45) is 4.99 Å². The number of amides is 1. The normalized spacial score (nSPS) is 15.3. The first kappa shape index (κ1) is 26.4. The Morgan fingerprint density at radius 1 is 1.08 bits per heavy atom. The van der Waals surface area contributed by atoms with Gasteiger partial charge in [0, 0.05) is 15.6 Å². The zero-order chi connectivity index (χ0) is 25.7. The van der Waals surface area contributed by atoms with Crippen LogP contribution in [0.25, 0.3) is 6.08 Å². The van der Waals surface area contributed by atoms with Gasteiger partial charge in [0.05, 0.1) is 28.8 Å². The standard InChI is InChI=1S/C26H21BrCl2N2O4S/c1-3-34-19-8-6-18(7-9-19)30-26-31-25(32)23(36-26)12-15-10-20(27)24(22(11-15)33-2)35-14-16-4-5-17(28)13-21(16)29/h4-13H,3,14H2,1-2H3,(H,30,31,32)/b23-12-. The number of ether oxygens (including phenoxy) is 3. The van der Waals surface area contributed by atoms with Gasteiger partial charge in [0.15, 0.2) is 16.7 Å². The second-order valence-corrected chi connectivity index (χ2v) is 10.2. The lowest BCUT2D eigenvalue weighted by molar-refractivity contribution is -0.115. The number of hydrogen-bond donors (Lipinski definition) is 1. The predicted molar refractivity (Wildman–Crippen MR) is 150 cm³/mol. The molecule has 6 nitrogen and oxygen atoms in total. The second kappa shape index (κ2) is 12.1. The second-order valence-electron chi connectivity index (χ2n) is 7.47. The Morgan fingerprint density at radius 2 is 1.86 bits per heavy atom. The summed E-state index contributed by atoms with van der Waals surface area (Å²) in [5.41, 5.74) is 2.27. The molecule has 10 heteroatoms. The highest BCUT2D eigenvalue weighted by Gasteiger charge is 2.24. The van der Waals surface area contributed by atoms with Gasteiger partial charge in [-0.2, -0.15) is 0 Å². The van der Waals surface area contributed by atoms with E-state index in [1.54, 1.807) is 31.4 Å². The number of aliphatic imine (C=N–C) groups is 1. The van der Waals surface area contributed by atoms with E-state index in [9.17, 15) is 4.79 Å². The van der Waals surface area contributed by atoms with Crippen LogP contribution >= 0.6 is 50.9 Å². The number of thioether (sulfide) groups is 1. The number of methoxy groups -OCH3 is 1. The van der Waals surface area contributed by atoms with Crippen LogP contribution in [0.3, 0.4) is 0 Å². The molecule has 186 valence electrons. The van der Waals surface area contributed by atoms with E-state index in [4.69, 9.17) is 37.4 Å². The average Bonchev–Trinajstić information content (AvgIpc) is 3.18. The van der Waals surface area contributed by atoms with Gasteiger partial charge in [0.25, 0.3) is 5.91 Å². The highest BCUT2D eigenvalue weighted by Crippen LogP contribution is 2.39. The highest BCUT2D eigenvalue weighted by molar-refractivity contribution is 9.10. The maximum absolute atomic E-state index is 12.5. The Hall–Kier alpha value is -2.65. The molecule has 0 spiro atoms. The molecule has 0 radical (unpaired) electrons. The molecule has 1 N–H and O–H groups in total. The van der Waals surface area contributed by atoms with Gasteiger partial charge in [-0.1, -0.05) is 29.3 Å². The highest BCUT2D eigenvalue weighted by atomic mass is 79.9. The van der Waals surface area contributed by atoms with E-state index < -0.39 is 0 Å². The van der Waals surface area contributed by atoms with Crippen molar-refractivity contribution in [3.63, 3.8) is 0 Å². The van der Waals surface area contributed by atoms with Gasteiger partial charge in [0.2, 0.25) is 0 Å². The molecule has 0 bridgehead atoms. The quantitative estimate of drug-likeness (QED) is 0.267. The molecule has 0 saturated carbocycles. The van der Waals surface area contributed by atoms with Crippen LogP contribution < -0.4 is 19.5 Å². The number of hydrogen-bond acceptors (Lipinski definition) is 6. The van der Waals surface area contributed by atoms with Crippen LogP contribution in [-0.2, 0) is 11.4 Å². The minimum Gasteiger partial charge on any atom is -0.494 e. The van der Waals surface area contributed by atoms with E-state index in [0.29, 0.717) is 48.4 Å². The minimum absolute atomic E-state index is 0.225. The van der Waals surface area contributed by atoms with E-state index >= 15 is 0 Å². The van der Waals surface area contributed by atoms with Gasteiger partial charge in [-0.05, 0) is 94.8 Å². The number of carbonyl (C=O) groups is 1. The fourth-order valence-corrected chi connectivity index (χ4v) is 5.16. The van der Waals surface area contributed by atoms with Crippen molar-refractivity contribution in [3.8, 4) is 17.2 Å². The van der Waals surface area contributed by atoms with Crippen LogP contribution in [0, 0.1) is 0 Å². The summed E-state index contributed by atoms with van der Waals surface area (Å²) in [6.45, 7) is 2.76. The van der Waals surface area contributed by atoms with Crippen molar-refractivity contribution in [2.75, 3.05) is 13.7 Å². The Kier molecular flexibility index (Phi) is 8.85. The third kappa shape index (κ3) is 6.56. The molecule has 1 amide bonds. The van der Waals surface area contributed by atoms with Gasteiger partial charge < -0.3 is 19.5 Å². The molecule has 3 aromatic carbocycles. The molecule has 4 rings (SSSR count). The molecule has 1 aliphatic heterocycles. The van der Waals surface area contributed by atoms with Crippen molar-refractivity contribution < 1.29 is 19.0 Å². The molecule has 1 aliphatic rings. The van der Waals surface area contributed by atoms with E-state index in [1.165, 1.54) is 11.8 Å². The molecular weight excluding hydrogens is 587 g/mol. The fraction of sp³-hybridized carbons (Fsp3) is 0.154. The number of nitrogens with zero attached hydrogens (tertiary/aromatic N) is 1. The Balaban J connectivity index is 1.50. The molecule has 1 heterocycles. The van der Waals surface area contributed by atoms with Gasteiger partial charge >= 0.3 is 0 Å². The van der Waals surface area contributed by atoms with Crippen molar-refractivity contribution >= 4 is 73.7 Å². The lowest BCUT2D eigenvalue weighted by Gasteiger charge is -2.14. The predicted octanol–water partition coefficient (Wildman–Crippen LogP) is 7.63. The van der Waals surface area contributed by atoms with Crippen molar-refractivity contribution in [2.45, 2.75) is 13.5 Å². The molecule has 0 aliphatic carbocycles. The average molecular weight is 608 g/mol. The van der Waals surface area contributed by atoms with Gasteiger partial charge in [-0.3, -0.25) is 4.79 Å². The van der Waals surface area contributed by atoms with Crippen LogP contribution in [0.1, 0.15) is 18.1 Å². The molecule has 0 aromatic heterocycles. The summed E-state index contributed by atoms with van der Waals surface area (Å²) in [5, 5.41) is 4.38. The van der Waals surface area contributed by atoms with Crippen LogP contribution in [0.2, 0.25) is 10.0 Å². The van der Waals surface area contributed by atoms with E-state index in [-0.39, 0.29) is 12.5 Å². The van der Waals surface area contributed by atoms with Crippen LogP contribution in [-0.4, -0.2) is 24.8 Å². The zero-order valence-corrected chi connectivity index (χ0v) is 23.2. The molecule has 1 fully saturated rings. The van der Waals surface area contributed by atoms with E-state index in [1.807, 2.05) is 43.3 Å². The first-order chi connectivity index (χ1) is 17.4. The summed E-state index contributed by atoms with van der Waals surface area (Å²) in [6, 6.07) is 16.2. The largest absolute Gasteiger partial charge is 0.494 e. The van der Waals surface area contributed by atoms with Crippen LogP contribution in [0.5, 0.6) is 17.2 Å². The van der Waals surface area contributed by atoms with Gasteiger partial charge in [0.1, 0.15) is 12.4 Å². The molecule has 0 atom stereocenters. The summed E-state index contributed by atoms with van der Waals surface area (Å²) >= 11 is 17.0. The van der Waals surface area contributed by atoms with E-state index in [2.05, 4.69) is 26.2 Å². The topological polar surface area (TPSA) is 69.2 Å². The summed E-state index contributed by atoms with van der Waals surface area (Å²) in [4.78, 5) is 17.6. The van der Waals surface area contributed by atoms with Crippen molar-refractivity contribution in [1.82, 2.24) is 5.32 Å². The summed E-state index contributed by atoms with van der Waals surface area (Å²) in [6.07, 6.45) is 1.77. The van der Waals surface area contributed by atoms with Crippen molar-refractivity contribution in [1.29, 1.82) is 0 Å². The summed E-state index contributed by atoms with van der Waals surface area (Å²) in [7, 11) is 1.55. The first-order valence-corrected chi connectivity index (χ1v) is 13.2. The maximum atomic E-state index is 12.5. The Labute approximate surface area is 231 Å². The smallest absolute Gasteiger partial charge is 0.264 e. The Bertz CT molecular complexity index is 1350. The van der Waals surface area contributed by atoms with Crippen LogP contribution in [0.15, 0.2) is 69.0 Å². The van der Waals surface area contributed by atoms with Gasteiger partial charge in [-0.15, -0.1) is 0 Å². The molecule has 0 unspecified atom stereocenters. The number of nitrogens with one attached hydrogen (secondary N) is 1. The first-order valence-electron chi connectivity index (χ1n) is 10.8. The SMILES string of the molecule is CCOc1ccc(N=C2NC(=O)/C(=C/c3cc(Br)c(OCc4ccc(Cl)cc4Cl)c(OC)c3)S2)cc1. The van der Waals surface area contributed by atoms with Crippen molar-refractivity contribution in [3.05, 3.63) is 85.1 Å². The fourth-order valence-electron chi connectivity index (χ4n) is 3.28. The zero-order valence-electron chi connectivity index (χ0n) is 19.3. The number of carbonyl (C=O) groups excluding carboxylic acids is 1. The third-order valence-corrected chi connectivity index (χ3v) is 7.05. The van der Waals surface area contributed by atoms with Crippen LogP contribution in [0.4, 0.5) is 5.69 Å². The summed E-state index contributed by atoms with van der Waals surface area (Å²) < 4.78 is 17.7. The van der Waals surface area contributed by atoms with E-state index in [0.717, 1.165) is 16.9 Å². The molecule has 1 saturated heterocycles. The molecular formula is C26H21BrCl2N2O4S. The lowest BCUT2D eigenvalue weighted by atomic mass is 10.2. The third-order valence-electron chi connectivity index (χ3n) is 4.97.